The van der Waals surface area contributed by atoms with Crippen LogP contribution in [0, 0.1) is 17.8 Å². The van der Waals surface area contributed by atoms with E-state index < -0.39 is 5.60 Å². The van der Waals surface area contributed by atoms with Crippen LogP contribution in [0.1, 0.15) is 65.2 Å². The van der Waals surface area contributed by atoms with Crippen molar-refractivity contribution in [1.82, 2.24) is 0 Å². The number of rotatable bonds is 3. The van der Waals surface area contributed by atoms with Gasteiger partial charge >= 0.3 is 0 Å². The van der Waals surface area contributed by atoms with Gasteiger partial charge < -0.3 is 10.2 Å². The summed E-state index contributed by atoms with van der Waals surface area (Å²) in [6, 6.07) is 0. The average molecular weight is 240 g/mol. The first-order valence-corrected chi connectivity index (χ1v) is 7.51. The molecule has 100 valence electrons. The first-order valence-electron chi connectivity index (χ1n) is 7.51. The van der Waals surface area contributed by atoms with Crippen molar-refractivity contribution in [2.45, 2.75) is 76.9 Å². The van der Waals surface area contributed by atoms with E-state index in [0.717, 1.165) is 38.5 Å². The third-order valence-corrected chi connectivity index (χ3v) is 5.56. The summed E-state index contributed by atoms with van der Waals surface area (Å²) in [4.78, 5) is 0. The Balaban J connectivity index is 2.12. The molecular formula is C15H28O2. The highest BCUT2D eigenvalue weighted by atomic mass is 16.3. The molecule has 0 aromatic rings. The topological polar surface area (TPSA) is 40.5 Å². The highest BCUT2D eigenvalue weighted by Crippen LogP contribution is 2.47. The van der Waals surface area contributed by atoms with Crippen LogP contribution in [0.3, 0.4) is 0 Å². The first-order chi connectivity index (χ1) is 8.10. The average Bonchev–Trinajstić information content (AvgIpc) is 2.82. The van der Waals surface area contributed by atoms with Crippen LogP contribution >= 0.6 is 0 Å². The van der Waals surface area contributed by atoms with Gasteiger partial charge in [0.15, 0.2) is 0 Å². The lowest BCUT2D eigenvalue weighted by Crippen LogP contribution is -2.41. The molecule has 2 saturated carbocycles. The maximum Gasteiger partial charge on any atom is 0.0673 e. The molecule has 2 aliphatic rings. The van der Waals surface area contributed by atoms with Crippen LogP contribution in [-0.2, 0) is 0 Å². The van der Waals surface area contributed by atoms with Crippen molar-refractivity contribution in [2.75, 3.05) is 0 Å². The Morgan fingerprint density at radius 3 is 2.29 bits per heavy atom. The number of hydrogen-bond donors (Lipinski definition) is 2. The molecule has 2 nitrogen and oxygen atoms in total. The monoisotopic (exact) mass is 240 g/mol. The van der Waals surface area contributed by atoms with Crippen molar-refractivity contribution >= 4 is 0 Å². The number of aliphatic hydroxyl groups is 2. The third-order valence-electron chi connectivity index (χ3n) is 5.56. The third kappa shape index (κ3) is 2.53. The maximum absolute atomic E-state index is 10.8. The van der Waals surface area contributed by atoms with E-state index in [4.69, 9.17) is 0 Å². The summed E-state index contributed by atoms with van der Waals surface area (Å²) < 4.78 is 0. The Hall–Kier alpha value is -0.0800. The summed E-state index contributed by atoms with van der Waals surface area (Å²) in [7, 11) is 0. The van der Waals surface area contributed by atoms with Crippen LogP contribution in [-0.4, -0.2) is 21.9 Å². The van der Waals surface area contributed by atoms with E-state index in [2.05, 4.69) is 13.8 Å². The maximum atomic E-state index is 10.8. The normalized spacial score (nSPS) is 38.8. The van der Waals surface area contributed by atoms with E-state index in [1.807, 2.05) is 0 Å². The predicted molar refractivity (Wildman–Crippen MR) is 69.7 cm³/mol. The summed E-state index contributed by atoms with van der Waals surface area (Å²) in [6.45, 7) is 4.23. The molecule has 0 aromatic carbocycles. The molecule has 2 heteroatoms. The lowest BCUT2D eigenvalue weighted by atomic mass is 9.70. The van der Waals surface area contributed by atoms with E-state index in [9.17, 15) is 10.2 Å². The van der Waals surface area contributed by atoms with Gasteiger partial charge in [0.25, 0.3) is 0 Å². The summed E-state index contributed by atoms with van der Waals surface area (Å²) >= 11 is 0. The number of aliphatic hydroxyl groups excluding tert-OH is 1. The van der Waals surface area contributed by atoms with Crippen molar-refractivity contribution in [1.29, 1.82) is 0 Å². The fourth-order valence-electron chi connectivity index (χ4n) is 4.27. The fourth-order valence-corrected chi connectivity index (χ4v) is 4.27. The predicted octanol–water partition coefficient (Wildman–Crippen LogP) is 3.11. The Morgan fingerprint density at radius 2 is 1.65 bits per heavy atom. The van der Waals surface area contributed by atoms with Crippen LogP contribution in [0.2, 0.25) is 0 Å². The highest BCUT2D eigenvalue weighted by molar-refractivity contribution is 4.94. The molecule has 2 N–H and O–H groups in total. The van der Waals surface area contributed by atoms with Crippen LogP contribution < -0.4 is 0 Å². The van der Waals surface area contributed by atoms with Crippen LogP contribution in [0.4, 0.5) is 0 Å². The molecule has 2 aliphatic carbocycles. The molecule has 0 heterocycles. The van der Waals surface area contributed by atoms with Crippen molar-refractivity contribution in [2.24, 2.45) is 17.8 Å². The zero-order valence-corrected chi connectivity index (χ0v) is 11.4. The van der Waals surface area contributed by atoms with Gasteiger partial charge in [0, 0.05) is 0 Å². The molecule has 0 saturated heterocycles. The first kappa shape index (κ1) is 13.4. The Labute approximate surface area is 105 Å². The molecule has 0 aliphatic heterocycles. The molecule has 2 rings (SSSR count). The van der Waals surface area contributed by atoms with Gasteiger partial charge in [-0.25, -0.2) is 0 Å². The summed E-state index contributed by atoms with van der Waals surface area (Å²) in [5.41, 5.74) is -0.456. The zero-order valence-electron chi connectivity index (χ0n) is 11.4. The Morgan fingerprint density at radius 1 is 1.00 bits per heavy atom. The molecule has 0 amide bonds. The van der Waals surface area contributed by atoms with E-state index in [0.29, 0.717) is 17.8 Å². The van der Waals surface area contributed by atoms with E-state index in [1.54, 1.807) is 0 Å². The summed E-state index contributed by atoms with van der Waals surface area (Å²) in [5.74, 6) is 1.63. The second-order valence-electron chi connectivity index (χ2n) is 6.25. The summed E-state index contributed by atoms with van der Waals surface area (Å²) in [6.07, 6.45) is 8.34. The standard InChI is InChI=1S/C15H28O2/c1-3-15(17,4-2)13-6-5-7-14(16)12-9-8-11(13)10-12/h11-14,16-17H,3-10H2,1-2H3. The molecule has 4 atom stereocenters. The van der Waals surface area contributed by atoms with Gasteiger partial charge in [-0.05, 0) is 62.7 Å². The largest absolute Gasteiger partial charge is 0.393 e. The van der Waals surface area contributed by atoms with Gasteiger partial charge in [0.05, 0.1) is 11.7 Å². The van der Waals surface area contributed by atoms with Crippen LogP contribution in [0.15, 0.2) is 0 Å². The van der Waals surface area contributed by atoms with Crippen molar-refractivity contribution in [3.8, 4) is 0 Å². The minimum atomic E-state index is -0.456. The smallest absolute Gasteiger partial charge is 0.0673 e. The van der Waals surface area contributed by atoms with E-state index in [1.165, 1.54) is 12.8 Å². The summed E-state index contributed by atoms with van der Waals surface area (Å²) in [5, 5.41) is 20.8. The lowest BCUT2D eigenvalue weighted by molar-refractivity contribution is -0.0591. The molecular weight excluding hydrogens is 212 g/mol. The molecule has 2 bridgehead atoms. The highest BCUT2D eigenvalue weighted by Gasteiger charge is 2.43. The number of fused-ring (bicyclic) bond motifs is 2. The molecule has 2 fully saturated rings. The van der Waals surface area contributed by atoms with Gasteiger partial charge in [0.1, 0.15) is 0 Å². The second-order valence-corrected chi connectivity index (χ2v) is 6.25. The van der Waals surface area contributed by atoms with Gasteiger partial charge in [-0.15, -0.1) is 0 Å². The van der Waals surface area contributed by atoms with Crippen molar-refractivity contribution < 1.29 is 10.2 Å². The lowest BCUT2D eigenvalue weighted by Gasteiger charge is -2.40. The molecule has 0 aromatic heterocycles. The molecule has 17 heavy (non-hydrogen) atoms. The minimum absolute atomic E-state index is 0.0719. The van der Waals surface area contributed by atoms with Crippen LogP contribution in [0.25, 0.3) is 0 Å². The van der Waals surface area contributed by atoms with Gasteiger partial charge in [-0.1, -0.05) is 20.3 Å². The number of hydrogen-bond acceptors (Lipinski definition) is 2. The van der Waals surface area contributed by atoms with Crippen molar-refractivity contribution in [3.05, 3.63) is 0 Å². The SMILES string of the molecule is CCC(O)(CC)C1CCCC(O)C2CCC1C2. The molecule has 0 spiro atoms. The second kappa shape index (κ2) is 5.27. The van der Waals surface area contributed by atoms with Crippen LogP contribution in [0.5, 0.6) is 0 Å². The zero-order chi connectivity index (χ0) is 12.5. The van der Waals surface area contributed by atoms with E-state index >= 15 is 0 Å². The fraction of sp³-hybridized carbons (Fsp3) is 1.00. The van der Waals surface area contributed by atoms with Gasteiger partial charge in [-0.2, -0.15) is 0 Å². The van der Waals surface area contributed by atoms with E-state index in [-0.39, 0.29) is 6.10 Å². The molecule has 4 unspecified atom stereocenters. The van der Waals surface area contributed by atoms with Gasteiger partial charge in [-0.3, -0.25) is 0 Å². The van der Waals surface area contributed by atoms with Crippen molar-refractivity contribution in [3.63, 3.8) is 0 Å². The van der Waals surface area contributed by atoms with Gasteiger partial charge in [0.2, 0.25) is 0 Å². The minimum Gasteiger partial charge on any atom is -0.393 e. The Bertz CT molecular complexity index is 247. The molecule has 0 radical (unpaired) electrons. The Kier molecular flexibility index (Phi) is 4.14. The quantitative estimate of drug-likeness (QED) is 0.795.